The number of nitrogens with one attached hydrogen (secondary N) is 1. The minimum absolute atomic E-state index is 0.128. The Kier molecular flexibility index (Phi) is 6.35. The van der Waals surface area contributed by atoms with Gasteiger partial charge in [-0.2, -0.15) is 26.3 Å². The third-order valence-electron chi connectivity index (χ3n) is 4.91. The number of primary amides is 1. The molecule has 0 saturated carbocycles. The molecule has 2 amide bonds. The van der Waals surface area contributed by atoms with Crippen molar-refractivity contribution in [1.82, 2.24) is 10.3 Å². The van der Waals surface area contributed by atoms with Gasteiger partial charge in [0.2, 0.25) is 0 Å². The van der Waals surface area contributed by atoms with Gasteiger partial charge in [-0.1, -0.05) is 36.4 Å². The van der Waals surface area contributed by atoms with Crippen LogP contribution in [-0.2, 0) is 24.3 Å². The number of alkyl halides is 6. The topological polar surface area (TPSA) is 68.0 Å². The van der Waals surface area contributed by atoms with Crippen molar-refractivity contribution in [1.29, 1.82) is 0 Å². The van der Waals surface area contributed by atoms with E-state index in [1.165, 1.54) is 0 Å². The number of hydrogen-bond donors (Lipinski definition) is 2. The standard InChI is InChI=1S/C22H16F7N3O/c23-17-9-15(8-16(10-17)21(24,25)26)20(32-19(30)33,11-13-4-2-1-3-5-13)14-6-7-18(31-12-14)22(27,28)29/h1-10,12H,11H2,(H3,30,32,33). The van der Waals surface area contributed by atoms with E-state index < -0.39 is 41.0 Å². The second-order valence-electron chi connectivity index (χ2n) is 7.21. The highest BCUT2D eigenvalue weighted by molar-refractivity contribution is 5.74. The molecule has 11 heteroatoms. The van der Waals surface area contributed by atoms with E-state index in [9.17, 15) is 35.5 Å². The summed E-state index contributed by atoms with van der Waals surface area (Å²) in [5.74, 6) is -1.26. The zero-order valence-electron chi connectivity index (χ0n) is 16.6. The Morgan fingerprint density at radius 2 is 1.48 bits per heavy atom. The van der Waals surface area contributed by atoms with Gasteiger partial charge in [0.05, 0.1) is 11.1 Å². The average molecular weight is 471 g/mol. The number of nitrogens with zero attached hydrogens (tertiary/aromatic N) is 1. The first-order valence-corrected chi connectivity index (χ1v) is 9.35. The number of pyridine rings is 1. The summed E-state index contributed by atoms with van der Waals surface area (Å²) < 4.78 is 93.5. The molecule has 3 N–H and O–H groups in total. The first kappa shape index (κ1) is 24.0. The van der Waals surface area contributed by atoms with E-state index in [0.717, 1.165) is 18.3 Å². The molecule has 2 aromatic carbocycles. The molecule has 0 aliphatic carbocycles. The van der Waals surface area contributed by atoms with Crippen LogP contribution in [0.15, 0.2) is 66.9 Å². The van der Waals surface area contributed by atoms with Gasteiger partial charge in [0.15, 0.2) is 0 Å². The summed E-state index contributed by atoms with van der Waals surface area (Å²) in [6.07, 6.45) is -9.20. The third-order valence-corrected chi connectivity index (χ3v) is 4.91. The summed E-state index contributed by atoms with van der Waals surface area (Å²) >= 11 is 0. The lowest BCUT2D eigenvalue weighted by Gasteiger charge is -2.36. The zero-order valence-corrected chi connectivity index (χ0v) is 16.6. The molecule has 174 valence electrons. The molecule has 3 rings (SSSR count). The Bertz CT molecular complexity index is 1130. The van der Waals surface area contributed by atoms with Crippen LogP contribution < -0.4 is 11.1 Å². The van der Waals surface area contributed by atoms with Crippen LogP contribution in [-0.4, -0.2) is 11.0 Å². The predicted molar refractivity (Wildman–Crippen MR) is 104 cm³/mol. The van der Waals surface area contributed by atoms with E-state index >= 15 is 0 Å². The van der Waals surface area contributed by atoms with Crippen LogP contribution in [0.1, 0.15) is 27.9 Å². The highest BCUT2D eigenvalue weighted by Gasteiger charge is 2.41. The average Bonchev–Trinajstić information content (AvgIpc) is 2.72. The van der Waals surface area contributed by atoms with Gasteiger partial charge in [-0.05, 0) is 35.4 Å². The van der Waals surface area contributed by atoms with Crippen molar-refractivity contribution in [3.8, 4) is 0 Å². The quantitative estimate of drug-likeness (QED) is 0.489. The summed E-state index contributed by atoms with van der Waals surface area (Å²) in [6, 6.07) is 10.1. The molecular formula is C22H16F7N3O. The van der Waals surface area contributed by atoms with Crippen molar-refractivity contribution >= 4 is 6.03 Å². The number of amides is 2. The van der Waals surface area contributed by atoms with Gasteiger partial charge in [0, 0.05) is 18.2 Å². The predicted octanol–water partition coefficient (Wildman–Crippen LogP) is 5.41. The smallest absolute Gasteiger partial charge is 0.352 e. The van der Waals surface area contributed by atoms with Crippen molar-refractivity contribution in [3.05, 3.63) is 101 Å². The number of aromatic nitrogens is 1. The number of urea groups is 1. The lowest BCUT2D eigenvalue weighted by molar-refractivity contribution is -0.141. The molecule has 0 spiro atoms. The molecule has 0 aliphatic rings. The molecule has 0 aliphatic heterocycles. The Hall–Kier alpha value is -3.63. The number of carbonyl (C=O) groups excluding carboxylic acids is 1. The first-order valence-electron chi connectivity index (χ1n) is 9.35. The van der Waals surface area contributed by atoms with Crippen molar-refractivity contribution in [3.63, 3.8) is 0 Å². The fraction of sp³-hybridized carbons (Fsp3) is 0.182. The largest absolute Gasteiger partial charge is 0.433 e. The van der Waals surface area contributed by atoms with Crippen LogP contribution in [0.25, 0.3) is 0 Å². The fourth-order valence-electron chi connectivity index (χ4n) is 3.49. The van der Waals surface area contributed by atoms with Gasteiger partial charge < -0.3 is 11.1 Å². The van der Waals surface area contributed by atoms with Crippen molar-refractivity contribution in [2.24, 2.45) is 5.73 Å². The Labute approximate surface area is 183 Å². The van der Waals surface area contributed by atoms with Crippen LogP contribution in [0.5, 0.6) is 0 Å². The number of carbonyl (C=O) groups is 1. The number of nitrogens with two attached hydrogens (primary N) is 1. The van der Waals surface area contributed by atoms with Crippen LogP contribution in [0, 0.1) is 5.82 Å². The first-order chi connectivity index (χ1) is 15.3. The Balaban J connectivity index is 2.31. The van der Waals surface area contributed by atoms with E-state index in [4.69, 9.17) is 5.73 Å². The second kappa shape index (κ2) is 8.72. The summed E-state index contributed by atoms with van der Waals surface area (Å²) in [6.45, 7) is 0. The summed E-state index contributed by atoms with van der Waals surface area (Å²) in [7, 11) is 0. The maximum absolute atomic E-state index is 14.3. The van der Waals surface area contributed by atoms with E-state index in [-0.39, 0.29) is 23.6 Å². The zero-order chi connectivity index (χ0) is 24.4. The molecule has 0 bridgehead atoms. The van der Waals surface area contributed by atoms with E-state index in [1.54, 1.807) is 30.3 Å². The minimum atomic E-state index is -4.93. The fourth-order valence-corrected chi connectivity index (χ4v) is 3.49. The molecule has 1 aromatic heterocycles. The van der Waals surface area contributed by atoms with Crippen molar-refractivity contribution in [2.75, 3.05) is 0 Å². The molecular weight excluding hydrogens is 455 g/mol. The van der Waals surface area contributed by atoms with Gasteiger partial charge in [-0.3, -0.25) is 4.98 Å². The summed E-state index contributed by atoms with van der Waals surface area (Å²) in [4.78, 5) is 15.3. The number of halogens is 7. The molecule has 1 atom stereocenters. The summed E-state index contributed by atoms with van der Waals surface area (Å²) in [5.41, 5.74) is 0.706. The molecule has 1 unspecified atom stereocenters. The van der Waals surface area contributed by atoms with Gasteiger partial charge in [-0.25, -0.2) is 9.18 Å². The molecule has 0 saturated heterocycles. The molecule has 0 radical (unpaired) electrons. The van der Waals surface area contributed by atoms with Crippen LogP contribution in [0.3, 0.4) is 0 Å². The number of benzene rings is 2. The lowest BCUT2D eigenvalue weighted by atomic mass is 9.78. The summed E-state index contributed by atoms with van der Waals surface area (Å²) in [5, 5.41) is 2.32. The monoisotopic (exact) mass is 471 g/mol. The van der Waals surface area contributed by atoms with Crippen molar-refractivity contribution < 1.29 is 35.5 Å². The molecule has 4 nitrogen and oxygen atoms in total. The van der Waals surface area contributed by atoms with Crippen molar-refractivity contribution in [2.45, 2.75) is 24.3 Å². The molecule has 33 heavy (non-hydrogen) atoms. The maximum Gasteiger partial charge on any atom is 0.433 e. The van der Waals surface area contributed by atoms with Crippen LogP contribution in [0.2, 0.25) is 0 Å². The van der Waals surface area contributed by atoms with Gasteiger partial charge in [0.1, 0.15) is 11.5 Å². The molecule has 1 heterocycles. The van der Waals surface area contributed by atoms with E-state index in [1.807, 2.05) is 0 Å². The SMILES string of the molecule is NC(=O)NC(Cc1ccccc1)(c1ccc(C(F)(F)F)nc1)c1cc(F)cc(C(F)(F)F)c1. The minimum Gasteiger partial charge on any atom is -0.352 e. The molecule has 3 aromatic rings. The Morgan fingerprint density at radius 1 is 0.848 bits per heavy atom. The lowest BCUT2D eigenvalue weighted by Crippen LogP contribution is -2.51. The maximum atomic E-state index is 14.3. The number of hydrogen-bond acceptors (Lipinski definition) is 2. The van der Waals surface area contributed by atoms with Gasteiger partial charge in [-0.15, -0.1) is 0 Å². The number of rotatable bonds is 5. The third kappa shape index (κ3) is 5.41. The van der Waals surface area contributed by atoms with Gasteiger partial charge >= 0.3 is 18.4 Å². The highest BCUT2D eigenvalue weighted by Crippen LogP contribution is 2.38. The van der Waals surface area contributed by atoms with Crippen LogP contribution in [0.4, 0.5) is 35.5 Å². The normalized spacial score (nSPS) is 13.9. The second-order valence-corrected chi connectivity index (χ2v) is 7.21. The Morgan fingerprint density at radius 3 is 2.00 bits per heavy atom. The van der Waals surface area contributed by atoms with E-state index in [0.29, 0.717) is 17.7 Å². The van der Waals surface area contributed by atoms with E-state index in [2.05, 4.69) is 10.3 Å². The molecule has 0 fully saturated rings. The van der Waals surface area contributed by atoms with Gasteiger partial charge in [0.25, 0.3) is 0 Å². The highest BCUT2D eigenvalue weighted by atomic mass is 19.4. The van der Waals surface area contributed by atoms with Crippen LogP contribution >= 0.6 is 0 Å².